The van der Waals surface area contributed by atoms with Crippen LogP contribution in [0.1, 0.15) is 60.3 Å². The predicted molar refractivity (Wildman–Crippen MR) is 169 cm³/mol. The van der Waals surface area contributed by atoms with Gasteiger partial charge in [-0.1, -0.05) is 45.9 Å². The Kier molecular flexibility index (Phi) is 11.3. The van der Waals surface area contributed by atoms with Crippen molar-refractivity contribution in [3.8, 4) is 5.75 Å². The van der Waals surface area contributed by atoms with Crippen LogP contribution in [0.2, 0.25) is 0 Å². The number of nitrogens with zero attached hydrogens (tertiary/aromatic N) is 3. The van der Waals surface area contributed by atoms with Gasteiger partial charge in [-0.3, -0.25) is 18.9 Å². The molecule has 0 unspecified atom stereocenters. The number of hydrogen-bond donors (Lipinski definition) is 2. The number of hydrogen-bond acceptors (Lipinski definition) is 13. The monoisotopic (exact) mass is 675 g/mol. The molecule has 1 saturated heterocycles. The van der Waals surface area contributed by atoms with Crippen molar-refractivity contribution in [2.45, 2.75) is 78.4 Å². The van der Waals surface area contributed by atoms with Gasteiger partial charge in [0.15, 0.2) is 18.0 Å². The lowest BCUT2D eigenvalue weighted by Gasteiger charge is -2.33. The Bertz CT molecular complexity index is 1620. The van der Waals surface area contributed by atoms with Crippen LogP contribution in [0.4, 0.5) is 5.82 Å². The highest BCUT2D eigenvalue weighted by atomic mass is 31.2. The van der Waals surface area contributed by atoms with Crippen LogP contribution < -0.4 is 15.3 Å². The number of para-hydroxylation sites is 1. The highest BCUT2D eigenvalue weighted by Gasteiger charge is 2.59. The molecule has 15 nitrogen and oxygen atoms in total. The van der Waals surface area contributed by atoms with E-state index in [1.54, 1.807) is 84.0 Å². The van der Waals surface area contributed by atoms with Gasteiger partial charge in [0.2, 0.25) is 0 Å². The summed E-state index contributed by atoms with van der Waals surface area (Å²) >= 11 is 0. The minimum absolute atomic E-state index is 0.104. The lowest BCUT2D eigenvalue weighted by atomic mass is 9.95. The smallest absolute Gasteiger partial charge is 0.459 e. The molecule has 47 heavy (non-hydrogen) atoms. The van der Waals surface area contributed by atoms with Crippen LogP contribution in [-0.4, -0.2) is 69.6 Å². The Balaban J connectivity index is 1.76. The SMILES string of the molecule is CCOC(=O)[C@H](C)N[P@](=O)(OC[C@@]1(C)O[C@@H](c2ccc3c(N)ncnn23)[C@H](OC(=O)C(C)C)[C@@H]1OC(=O)C(C)C)Oc1ccccc1. The molecule has 16 heteroatoms. The van der Waals surface area contributed by atoms with Crippen LogP contribution in [0, 0.1) is 11.8 Å². The van der Waals surface area contributed by atoms with Crippen LogP contribution in [0.25, 0.3) is 5.52 Å². The number of fused-ring (bicyclic) bond motifs is 1. The summed E-state index contributed by atoms with van der Waals surface area (Å²) in [5, 5.41) is 6.92. The normalized spacial score (nSPS) is 23.0. The van der Waals surface area contributed by atoms with Crippen molar-refractivity contribution < 1.29 is 46.9 Å². The predicted octanol–water partition coefficient (Wildman–Crippen LogP) is 4.02. The maximum atomic E-state index is 14.3. The Morgan fingerprint density at radius 1 is 1.02 bits per heavy atom. The quantitative estimate of drug-likeness (QED) is 0.141. The average molecular weight is 676 g/mol. The number of aromatic nitrogens is 3. The molecule has 0 spiro atoms. The Labute approximate surface area is 273 Å². The third-order valence-electron chi connectivity index (χ3n) is 7.32. The van der Waals surface area contributed by atoms with Crippen molar-refractivity contribution in [2.75, 3.05) is 18.9 Å². The Morgan fingerprint density at radius 2 is 1.68 bits per heavy atom. The number of rotatable bonds is 14. The first-order valence-electron chi connectivity index (χ1n) is 15.3. The number of carbonyl (C=O) groups excluding carboxylic acids is 3. The van der Waals surface area contributed by atoms with Crippen LogP contribution in [-0.2, 0) is 42.4 Å². The molecule has 0 amide bonds. The summed E-state index contributed by atoms with van der Waals surface area (Å²) in [7, 11) is -4.36. The van der Waals surface area contributed by atoms with Gasteiger partial charge >= 0.3 is 25.7 Å². The first kappa shape index (κ1) is 35.8. The molecule has 1 fully saturated rings. The zero-order valence-electron chi connectivity index (χ0n) is 27.4. The molecule has 6 atom stereocenters. The highest BCUT2D eigenvalue weighted by Crippen LogP contribution is 2.50. The van der Waals surface area contributed by atoms with E-state index in [0.717, 1.165) is 0 Å². The number of ether oxygens (including phenoxy) is 4. The molecule has 3 N–H and O–H groups in total. The second-order valence-corrected chi connectivity index (χ2v) is 13.6. The molecule has 1 aromatic carbocycles. The minimum Gasteiger partial charge on any atom is -0.465 e. The van der Waals surface area contributed by atoms with Crippen molar-refractivity contribution in [3.05, 3.63) is 54.5 Å². The molecule has 4 rings (SSSR count). The molecular formula is C31H42N5O10P. The largest absolute Gasteiger partial charge is 0.465 e. The van der Waals surface area contributed by atoms with E-state index in [0.29, 0.717) is 11.2 Å². The molecule has 2 aromatic heterocycles. The maximum Gasteiger partial charge on any atom is 0.459 e. The van der Waals surface area contributed by atoms with Crippen molar-refractivity contribution in [3.63, 3.8) is 0 Å². The zero-order valence-corrected chi connectivity index (χ0v) is 28.3. The van der Waals surface area contributed by atoms with E-state index in [9.17, 15) is 18.9 Å². The van der Waals surface area contributed by atoms with Crippen molar-refractivity contribution in [1.82, 2.24) is 19.7 Å². The van der Waals surface area contributed by atoms with E-state index in [1.165, 1.54) is 17.8 Å². The molecular weight excluding hydrogens is 633 g/mol. The van der Waals surface area contributed by atoms with Gasteiger partial charge in [-0.15, -0.1) is 0 Å². The minimum atomic E-state index is -4.36. The van der Waals surface area contributed by atoms with Gasteiger partial charge in [-0.2, -0.15) is 10.2 Å². The number of benzene rings is 1. The van der Waals surface area contributed by atoms with Crippen molar-refractivity contribution in [1.29, 1.82) is 0 Å². The van der Waals surface area contributed by atoms with E-state index in [1.807, 2.05) is 0 Å². The van der Waals surface area contributed by atoms with Crippen LogP contribution in [0.3, 0.4) is 0 Å². The third kappa shape index (κ3) is 8.28. The number of esters is 3. The number of carbonyl (C=O) groups is 3. The maximum absolute atomic E-state index is 14.3. The van der Waals surface area contributed by atoms with E-state index in [-0.39, 0.29) is 18.2 Å². The van der Waals surface area contributed by atoms with Crippen LogP contribution >= 0.6 is 7.75 Å². The second kappa shape index (κ2) is 14.8. The molecule has 256 valence electrons. The molecule has 0 radical (unpaired) electrons. The Morgan fingerprint density at radius 3 is 2.32 bits per heavy atom. The van der Waals surface area contributed by atoms with E-state index in [4.69, 9.17) is 33.7 Å². The molecule has 1 aliphatic rings. The fraction of sp³-hybridized carbons (Fsp3) is 0.516. The van der Waals surface area contributed by atoms with Crippen LogP contribution in [0.5, 0.6) is 5.75 Å². The second-order valence-electron chi connectivity index (χ2n) is 11.9. The summed E-state index contributed by atoms with van der Waals surface area (Å²) in [4.78, 5) is 42.6. The summed E-state index contributed by atoms with van der Waals surface area (Å²) in [6.45, 7) is 10.9. The standard InChI is InChI=1S/C31H42N5O10P/c1-8-41-30(39)20(6)35-47(40,46-21-12-10-9-11-13-21)42-16-31(7)26(44-29(38)19(4)5)25(43-28(37)18(2)3)24(45-31)22-14-15-23-27(32)33-17-34-36(22)23/h9-15,17-20,24-26H,8,16H2,1-7H3,(H,35,40)(H2,32,33,34)/t20-,24-,25-,26-,31+,47-/m0/s1. The lowest BCUT2D eigenvalue weighted by molar-refractivity contribution is -0.175. The first-order valence-corrected chi connectivity index (χ1v) is 16.8. The van der Waals surface area contributed by atoms with Gasteiger partial charge in [0.05, 0.1) is 30.7 Å². The van der Waals surface area contributed by atoms with Crippen molar-refractivity contribution in [2.24, 2.45) is 11.8 Å². The van der Waals surface area contributed by atoms with Gasteiger partial charge in [-0.05, 0) is 45.0 Å². The van der Waals surface area contributed by atoms with E-state index >= 15 is 0 Å². The Hall–Kier alpha value is -4.04. The fourth-order valence-corrected chi connectivity index (χ4v) is 6.38. The van der Waals surface area contributed by atoms with Crippen molar-refractivity contribution >= 4 is 37.0 Å². The van der Waals surface area contributed by atoms with Crippen LogP contribution in [0.15, 0.2) is 48.8 Å². The molecule has 1 aliphatic heterocycles. The number of nitrogen functional groups attached to an aromatic ring is 1. The molecule has 3 heterocycles. The topological polar surface area (TPSA) is 192 Å². The molecule has 0 saturated carbocycles. The molecule has 3 aromatic rings. The number of nitrogens with two attached hydrogens (primary N) is 1. The van der Waals surface area contributed by atoms with E-state index < -0.39 is 74.1 Å². The zero-order chi connectivity index (χ0) is 34.5. The van der Waals surface area contributed by atoms with Gasteiger partial charge < -0.3 is 29.2 Å². The van der Waals surface area contributed by atoms with Gasteiger partial charge in [0, 0.05) is 0 Å². The summed E-state index contributed by atoms with van der Waals surface area (Å²) in [5.41, 5.74) is 5.37. The third-order valence-corrected chi connectivity index (χ3v) is 8.94. The van der Waals surface area contributed by atoms with Gasteiger partial charge in [0.1, 0.15) is 35.3 Å². The molecule has 0 aliphatic carbocycles. The lowest BCUT2D eigenvalue weighted by Crippen LogP contribution is -2.49. The summed E-state index contributed by atoms with van der Waals surface area (Å²) < 4.78 is 51.1. The van der Waals surface area contributed by atoms with Gasteiger partial charge in [-0.25, -0.2) is 14.1 Å². The summed E-state index contributed by atoms with van der Waals surface area (Å²) in [5.74, 6) is -2.54. The van der Waals surface area contributed by atoms with E-state index in [2.05, 4.69) is 15.2 Å². The summed E-state index contributed by atoms with van der Waals surface area (Å²) in [6.07, 6.45) is -2.25. The van der Waals surface area contributed by atoms with Gasteiger partial charge in [0.25, 0.3) is 0 Å². The first-order chi connectivity index (χ1) is 22.2. The fourth-order valence-electron chi connectivity index (χ4n) is 4.79. The average Bonchev–Trinajstić information content (AvgIpc) is 3.56. The summed E-state index contributed by atoms with van der Waals surface area (Å²) in [6, 6.07) is 10.5. The number of nitrogens with one attached hydrogen (secondary N) is 1. The number of anilines is 1. The molecule has 0 bridgehead atoms. The highest BCUT2D eigenvalue weighted by molar-refractivity contribution is 7.52.